The van der Waals surface area contributed by atoms with Gasteiger partial charge in [0.2, 0.25) is 0 Å². The molecule has 1 N–H and O–H groups in total. The van der Waals surface area contributed by atoms with Gasteiger partial charge in [-0.3, -0.25) is 0 Å². The Morgan fingerprint density at radius 1 is 1.15 bits per heavy atom. The summed E-state index contributed by atoms with van der Waals surface area (Å²) in [6.45, 7) is 0. The third-order valence-corrected chi connectivity index (χ3v) is 3.98. The van der Waals surface area contributed by atoms with E-state index < -0.39 is 6.04 Å². The molecule has 0 spiro atoms. The molecule has 2 rings (SSSR count). The smallest absolute Gasteiger partial charge is 0.332 e. The van der Waals surface area contributed by atoms with E-state index in [2.05, 4.69) is 37.2 Å². The molecule has 0 heterocycles. The highest BCUT2D eigenvalue weighted by atomic mass is 79.9. The second-order valence-corrected chi connectivity index (χ2v) is 5.91. The van der Waals surface area contributed by atoms with E-state index in [1.165, 1.54) is 7.11 Å². The molecule has 2 aromatic carbocycles. The molecule has 0 aliphatic rings. The second kappa shape index (κ2) is 6.90. The van der Waals surface area contributed by atoms with E-state index in [0.717, 1.165) is 20.2 Å². The number of methoxy groups -OCH3 is 1. The van der Waals surface area contributed by atoms with Crippen LogP contribution in [0.5, 0.6) is 0 Å². The highest BCUT2D eigenvalue weighted by Crippen LogP contribution is 2.28. The standard InChI is InChI=1S/C15H13Br2NO2/c1-20-15(19)14(10-5-4-6-11(16)9-10)18-13-8-3-2-7-12(13)17/h2-9,14,18H,1H3. The van der Waals surface area contributed by atoms with Gasteiger partial charge in [0, 0.05) is 14.6 Å². The summed E-state index contributed by atoms with van der Waals surface area (Å²) in [5.41, 5.74) is 1.67. The topological polar surface area (TPSA) is 38.3 Å². The van der Waals surface area contributed by atoms with Gasteiger partial charge in [-0.25, -0.2) is 4.79 Å². The number of hydrogen-bond donors (Lipinski definition) is 1. The van der Waals surface area contributed by atoms with Gasteiger partial charge >= 0.3 is 5.97 Å². The van der Waals surface area contributed by atoms with Crippen molar-refractivity contribution in [1.82, 2.24) is 0 Å². The third kappa shape index (κ3) is 3.61. The Labute approximate surface area is 134 Å². The van der Waals surface area contributed by atoms with Crippen molar-refractivity contribution in [3.63, 3.8) is 0 Å². The van der Waals surface area contributed by atoms with E-state index >= 15 is 0 Å². The number of carbonyl (C=O) groups excluding carboxylic acids is 1. The van der Waals surface area contributed by atoms with Gasteiger partial charge in [0.15, 0.2) is 6.04 Å². The Kier molecular flexibility index (Phi) is 5.20. The first kappa shape index (κ1) is 15.1. The van der Waals surface area contributed by atoms with Crippen LogP contribution < -0.4 is 5.32 Å². The zero-order valence-electron chi connectivity index (χ0n) is 10.8. The molecule has 2 aromatic rings. The van der Waals surface area contributed by atoms with E-state index in [1.807, 2.05) is 48.5 Å². The number of anilines is 1. The molecule has 0 saturated heterocycles. The first-order chi connectivity index (χ1) is 9.61. The molecule has 0 saturated carbocycles. The van der Waals surface area contributed by atoms with Crippen molar-refractivity contribution in [1.29, 1.82) is 0 Å². The largest absolute Gasteiger partial charge is 0.467 e. The first-order valence-electron chi connectivity index (χ1n) is 5.96. The fraction of sp³-hybridized carbons (Fsp3) is 0.133. The maximum Gasteiger partial charge on any atom is 0.332 e. The number of halogens is 2. The predicted molar refractivity (Wildman–Crippen MR) is 86.7 cm³/mol. The zero-order chi connectivity index (χ0) is 14.5. The molecule has 0 aliphatic carbocycles. The Morgan fingerprint density at radius 3 is 2.55 bits per heavy atom. The molecule has 0 radical (unpaired) electrons. The van der Waals surface area contributed by atoms with E-state index in [4.69, 9.17) is 4.74 Å². The van der Waals surface area contributed by atoms with Crippen molar-refractivity contribution < 1.29 is 9.53 Å². The Hall–Kier alpha value is -1.33. The average Bonchev–Trinajstić information content (AvgIpc) is 2.45. The van der Waals surface area contributed by atoms with Gasteiger partial charge in [-0.2, -0.15) is 0 Å². The van der Waals surface area contributed by atoms with Gasteiger partial charge in [0.1, 0.15) is 0 Å². The number of rotatable bonds is 4. The minimum Gasteiger partial charge on any atom is -0.467 e. The van der Waals surface area contributed by atoms with E-state index in [1.54, 1.807) is 0 Å². The highest BCUT2D eigenvalue weighted by Gasteiger charge is 2.22. The monoisotopic (exact) mass is 397 g/mol. The summed E-state index contributed by atoms with van der Waals surface area (Å²) in [7, 11) is 1.38. The lowest BCUT2D eigenvalue weighted by Crippen LogP contribution is -2.22. The minimum absolute atomic E-state index is 0.334. The number of ether oxygens (including phenoxy) is 1. The summed E-state index contributed by atoms with van der Waals surface area (Å²) < 4.78 is 6.69. The zero-order valence-corrected chi connectivity index (χ0v) is 13.9. The quantitative estimate of drug-likeness (QED) is 0.768. The fourth-order valence-corrected chi connectivity index (χ4v) is 2.63. The molecule has 1 atom stereocenters. The molecular formula is C15H13Br2NO2. The van der Waals surface area contributed by atoms with Crippen LogP contribution in [0.2, 0.25) is 0 Å². The van der Waals surface area contributed by atoms with Crippen LogP contribution in [0.1, 0.15) is 11.6 Å². The van der Waals surface area contributed by atoms with Crippen LogP contribution in [-0.4, -0.2) is 13.1 Å². The van der Waals surface area contributed by atoms with E-state index in [9.17, 15) is 4.79 Å². The summed E-state index contributed by atoms with van der Waals surface area (Å²) >= 11 is 6.87. The van der Waals surface area contributed by atoms with Crippen molar-refractivity contribution in [3.05, 3.63) is 63.0 Å². The van der Waals surface area contributed by atoms with Crippen LogP contribution in [0.3, 0.4) is 0 Å². The summed E-state index contributed by atoms with van der Waals surface area (Å²) in [5, 5.41) is 3.20. The van der Waals surface area contributed by atoms with Gasteiger partial charge in [0.05, 0.1) is 7.11 Å². The fourth-order valence-electron chi connectivity index (χ4n) is 1.82. The molecule has 104 valence electrons. The molecule has 0 amide bonds. The Morgan fingerprint density at radius 2 is 1.90 bits per heavy atom. The normalized spacial score (nSPS) is 11.8. The van der Waals surface area contributed by atoms with Crippen LogP contribution in [0, 0.1) is 0 Å². The first-order valence-corrected chi connectivity index (χ1v) is 7.55. The molecule has 1 unspecified atom stereocenters. The maximum atomic E-state index is 12.0. The number of benzene rings is 2. The van der Waals surface area contributed by atoms with Crippen molar-refractivity contribution in [2.45, 2.75) is 6.04 Å². The van der Waals surface area contributed by atoms with Gasteiger partial charge in [-0.1, -0.05) is 40.2 Å². The van der Waals surface area contributed by atoms with E-state index in [0.29, 0.717) is 0 Å². The lowest BCUT2D eigenvalue weighted by Gasteiger charge is -2.19. The highest BCUT2D eigenvalue weighted by molar-refractivity contribution is 9.10. The summed E-state index contributed by atoms with van der Waals surface area (Å²) in [5.74, 6) is -0.334. The van der Waals surface area contributed by atoms with Gasteiger partial charge in [-0.15, -0.1) is 0 Å². The summed E-state index contributed by atoms with van der Waals surface area (Å²) in [6, 6.07) is 14.7. The molecule has 3 nitrogen and oxygen atoms in total. The van der Waals surface area contributed by atoms with Crippen molar-refractivity contribution in [2.24, 2.45) is 0 Å². The van der Waals surface area contributed by atoms with Gasteiger partial charge in [-0.05, 0) is 45.8 Å². The van der Waals surface area contributed by atoms with Crippen molar-refractivity contribution >= 4 is 43.5 Å². The number of hydrogen-bond acceptors (Lipinski definition) is 3. The molecule has 0 aromatic heterocycles. The molecule has 5 heteroatoms. The van der Waals surface area contributed by atoms with Crippen LogP contribution in [0.25, 0.3) is 0 Å². The maximum absolute atomic E-state index is 12.0. The number of para-hydroxylation sites is 1. The second-order valence-electron chi connectivity index (χ2n) is 4.14. The van der Waals surface area contributed by atoms with Crippen LogP contribution in [-0.2, 0) is 9.53 Å². The summed E-state index contributed by atoms with van der Waals surface area (Å²) in [4.78, 5) is 12.0. The third-order valence-electron chi connectivity index (χ3n) is 2.79. The van der Waals surface area contributed by atoms with Crippen molar-refractivity contribution in [3.8, 4) is 0 Å². The molecule has 0 bridgehead atoms. The van der Waals surface area contributed by atoms with Gasteiger partial charge in [0.25, 0.3) is 0 Å². The van der Waals surface area contributed by atoms with Crippen LogP contribution in [0.15, 0.2) is 57.5 Å². The molecule has 0 aliphatic heterocycles. The average molecular weight is 399 g/mol. The Bertz CT molecular complexity index is 616. The number of nitrogens with one attached hydrogen (secondary N) is 1. The number of esters is 1. The van der Waals surface area contributed by atoms with Crippen molar-refractivity contribution in [2.75, 3.05) is 12.4 Å². The summed E-state index contributed by atoms with van der Waals surface area (Å²) in [6.07, 6.45) is 0. The van der Waals surface area contributed by atoms with Crippen LogP contribution in [0.4, 0.5) is 5.69 Å². The van der Waals surface area contributed by atoms with Crippen LogP contribution >= 0.6 is 31.9 Å². The molecular weight excluding hydrogens is 386 g/mol. The van der Waals surface area contributed by atoms with E-state index in [-0.39, 0.29) is 5.97 Å². The number of carbonyl (C=O) groups is 1. The molecule has 0 fully saturated rings. The Balaban J connectivity index is 2.34. The van der Waals surface area contributed by atoms with Gasteiger partial charge < -0.3 is 10.1 Å². The predicted octanol–water partition coefficient (Wildman–Crippen LogP) is 4.54. The lowest BCUT2D eigenvalue weighted by molar-refractivity contribution is -0.141. The minimum atomic E-state index is -0.559. The lowest BCUT2D eigenvalue weighted by atomic mass is 10.1. The SMILES string of the molecule is COC(=O)C(Nc1ccccc1Br)c1cccc(Br)c1. The molecule has 20 heavy (non-hydrogen) atoms.